The monoisotopic (exact) mass is 343 g/mol. The molecule has 1 aliphatic rings. The van der Waals surface area contributed by atoms with Crippen molar-refractivity contribution >= 4 is 5.90 Å². The zero-order chi connectivity index (χ0) is 14.0. The lowest BCUT2D eigenvalue weighted by atomic mass is 9.75. The Morgan fingerprint density at radius 1 is 0.810 bits per heavy atom. The highest BCUT2D eigenvalue weighted by Gasteiger charge is 2.47. The minimum Gasteiger partial charge on any atom is -1.00 e. The summed E-state index contributed by atoms with van der Waals surface area (Å²) in [5.41, 5.74) is 2.08. The molecule has 0 radical (unpaired) electrons. The third-order valence-corrected chi connectivity index (χ3v) is 3.70. The van der Waals surface area contributed by atoms with Crippen LogP contribution in [0.5, 0.6) is 0 Å². The summed E-state index contributed by atoms with van der Waals surface area (Å²) in [6.07, 6.45) is 3.92. The summed E-state index contributed by atoms with van der Waals surface area (Å²) < 4.78 is 7.84. The number of nitrogens with zero attached hydrogens (tertiary/aromatic N) is 1. The maximum absolute atomic E-state index is 5.80. The second-order valence-electron chi connectivity index (χ2n) is 5.16. The summed E-state index contributed by atoms with van der Waals surface area (Å²) in [5.74, 6) is 0.926. The van der Waals surface area contributed by atoms with Crippen LogP contribution in [0.25, 0.3) is 0 Å². The van der Waals surface area contributed by atoms with E-state index in [1.807, 2.05) is 30.8 Å². The van der Waals surface area contributed by atoms with Crippen LogP contribution in [0.1, 0.15) is 11.1 Å². The van der Waals surface area contributed by atoms with Gasteiger partial charge in [-0.1, -0.05) is 60.7 Å². The van der Waals surface area contributed by atoms with E-state index in [2.05, 4.69) is 54.6 Å². The summed E-state index contributed by atoms with van der Waals surface area (Å²) >= 11 is 0. The molecule has 0 N–H and O–H groups in total. The Hall–Kier alpha value is -1.87. The molecule has 3 rings (SSSR count). The molecule has 1 aliphatic heterocycles. The molecule has 0 atom stereocenters. The van der Waals surface area contributed by atoms with E-state index in [0.717, 1.165) is 5.90 Å². The Morgan fingerprint density at radius 3 is 1.71 bits per heavy atom. The Balaban J connectivity index is 0.00000161. The number of rotatable bonds is 2. The molecule has 0 fully saturated rings. The van der Waals surface area contributed by atoms with Gasteiger partial charge in [-0.15, -0.1) is 0 Å². The minimum atomic E-state index is -0.341. The molecular weight excluding hydrogens is 326 g/mol. The van der Waals surface area contributed by atoms with E-state index < -0.39 is 0 Å². The van der Waals surface area contributed by atoms with Gasteiger partial charge in [0.2, 0.25) is 0 Å². The topological polar surface area (TPSA) is 12.2 Å². The van der Waals surface area contributed by atoms with Crippen LogP contribution in [0, 0.1) is 0 Å². The van der Waals surface area contributed by atoms with Crippen molar-refractivity contribution in [2.45, 2.75) is 5.41 Å². The van der Waals surface area contributed by atoms with Gasteiger partial charge in [-0.05, 0) is 17.2 Å². The number of halogens is 1. The van der Waals surface area contributed by atoms with Gasteiger partial charge < -0.3 is 21.7 Å². The molecule has 0 spiro atoms. The molecule has 0 saturated carbocycles. The van der Waals surface area contributed by atoms with Crippen LogP contribution in [0.3, 0.4) is 0 Å². The van der Waals surface area contributed by atoms with Gasteiger partial charge in [-0.3, -0.25) is 0 Å². The highest BCUT2D eigenvalue weighted by atomic mass is 79.9. The van der Waals surface area contributed by atoms with E-state index in [9.17, 15) is 0 Å². The highest BCUT2D eigenvalue weighted by Crippen LogP contribution is 2.38. The zero-order valence-electron chi connectivity index (χ0n) is 12.2. The van der Waals surface area contributed by atoms with E-state index in [-0.39, 0.29) is 22.4 Å². The van der Waals surface area contributed by atoms with Crippen molar-refractivity contribution in [3.63, 3.8) is 0 Å². The van der Waals surface area contributed by atoms with E-state index in [1.54, 1.807) is 6.26 Å². The Kier molecular flexibility index (Phi) is 4.63. The maximum Gasteiger partial charge on any atom is 0.360 e. The van der Waals surface area contributed by atoms with Gasteiger partial charge in [0.25, 0.3) is 0 Å². The standard InChI is InChI=1S/C18H18NO.BrH/c1-19(2)17-18(13-14-20-17,15-9-5-3-6-10-15)16-11-7-4-8-12-16;/h3-14H,1-2H3;1H/q+1;/p-1. The van der Waals surface area contributed by atoms with Crippen LogP contribution >= 0.6 is 0 Å². The zero-order valence-corrected chi connectivity index (χ0v) is 13.7. The number of hydrogen-bond donors (Lipinski definition) is 0. The number of ether oxygens (including phenoxy) is 1. The molecule has 1 heterocycles. The molecule has 21 heavy (non-hydrogen) atoms. The summed E-state index contributed by atoms with van der Waals surface area (Å²) in [7, 11) is 4.03. The van der Waals surface area contributed by atoms with Gasteiger partial charge in [0.1, 0.15) is 14.1 Å². The molecule has 0 aromatic heterocycles. The SMILES string of the molecule is C[N+](C)=C1OC=CC1(c1ccccc1)c1ccccc1.[Br-]. The van der Waals surface area contributed by atoms with Gasteiger partial charge in [0.15, 0.2) is 5.41 Å². The largest absolute Gasteiger partial charge is 1.00 e. The van der Waals surface area contributed by atoms with Gasteiger partial charge in [-0.2, -0.15) is 0 Å². The van der Waals surface area contributed by atoms with Crippen LogP contribution in [0.15, 0.2) is 73.0 Å². The molecule has 0 amide bonds. The van der Waals surface area contributed by atoms with Crippen molar-refractivity contribution < 1.29 is 26.3 Å². The first kappa shape index (κ1) is 15.5. The van der Waals surface area contributed by atoms with Crippen molar-refractivity contribution in [1.29, 1.82) is 0 Å². The molecule has 0 saturated heterocycles. The normalized spacial score (nSPS) is 15.2. The Morgan fingerprint density at radius 2 is 1.29 bits per heavy atom. The van der Waals surface area contributed by atoms with Gasteiger partial charge in [0.05, 0.1) is 6.26 Å². The fourth-order valence-corrected chi connectivity index (χ4v) is 2.83. The Labute approximate surface area is 136 Å². The number of hydrogen-bond acceptors (Lipinski definition) is 1. The van der Waals surface area contributed by atoms with E-state index >= 15 is 0 Å². The van der Waals surface area contributed by atoms with Crippen LogP contribution in [-0.2, 0) is 10.2 Å². The second kappa shape index (κ2) is 6.27. The average molecular weight is 344 g/mol. The third-order valence-electron chi connectivity index (χ3n) is 3.70. The molecule has 2 aromatic rings. The first-order valence-electron chi connectivity index (χ1n) is 6.75. The third kappa shape index (κ3) is 2.54. The fraction of sp³-hybridized carbons (Fsp3) is 0.167. The van der Waals surface area contributed by atoms with Crippen molar-refractivity contribution in [2.75, 3.05) is 14.1 Å². The molecule has 2 nitrogen and oxygen atoms in total. The number of benzene rings is 2. The van der Waals surface area contributed by atoms with Crippen LogP contribution in [-0.4, -0.2) is 24.6 Å². The lowest BCUT2D eigenvalue weighted by molar-refractivity contribution is -0.475. The molecule has 0 aliphatic carbocycles. The summed E-state index contributed by atoms with van der Waals surface area (Å²) in [5, 5.41) is 0. The predicted molar refractivity (Wildman–Crippen MR) is 81.0 cm³/mol. The van der Waals surface area contributed by atoms with Crippen LogP contribution < -0.4 is 17.0 Å². The molecule has 3 heteroatoms. The van der Waals surface area contributed by atoms with Crippen molar-refractivity contribution in [3.8, 4) is 0 Å². The predicted octanol–water partition coefficient (Wildman–Crippen LogP) is 0.191. The van der Waals surface area contributed by atoms with Crippen LogP contribution in [0.2, 0.25) is 0 Å². The molecular formula is C18H18BrNO. The quantitative estimate of drug-likeness (QED) is 0.709. The van der Waals surface area contributed by atoms with E-state index in [1.165, 1.54) is 11.1 Å². The molecule has 108 valence electrons. The maximum atomic E-state index is 5.80. The molecule has 2 aromatic carbocycles. The highest BCUT2D eigenvalue weighted by molar-refractivity contribution is 5.93. The van der Waals surface area contributed by atoms with Gasteiger partial charge >= 0.3 is 5.90 Å². The first-order chi connectivity index (χ1) is 9.75. The minimum absolute atomic E-state index is 0. The lowest BCUT2D eigenvalue weighted by Gasteiger charge is -2.25. The van der Waals surface area contributed by atoms with Crippen molar-refractivity contribution in [3.05, 3.63) is 84.1 Å². The van der Waals surface area contributed by atoms with E-state index in [4.69, 9.17) is 4.74 Å². The molecule has 0 unspecified atom stereocenters. The van der Waals surface area contributed by atoms with Crippen molar-refractivity contribution in [1.82, 2.24) is 0 Å². The second-order valence-corrected chi connectivity index (χ2v) is 5.16. The fourth-order valence-electron chi connectivity index (χ4n) is 2.83. The van der Waals surface area contributed by atoms with Crippen LogP contribution in [0.4, 0.5) is 0 Å². The van der Waals surface area contributed by atoms with Crippen molar-refractivity contribution in [2.24, 2.45) is 0 Å². The Bertz CT molecular complexity index is 619. The molecule has 0 bridgehead atoms. The smallest absolute Gasteiger partial charge is 0.360 e. The first-order valence-corrected chi connectivity index (χ1v) is 6.75. The van der Waals surface area contributed by atoms with E-state index in [0.29, 0.717) is 0 Å². The van der Waals surface area contributed by atoms with Gasteiger partial charge in [-0.25, -0.2) is 4.58 Å². The summed E-state index contributed by atoms with van der Waals surface area (Å²) in [6.45, 7) is 0. The summed E-state index contributed by atoms with van der Waals surface area (Å²) in [6, 6.07) is 20.9. The summed E-state index contributed by atoms with van der Waals surface area (Å²) in [4.78, 5) is 0. The lowest BCUT2D eigenvalue weighted by Crippen LogP contribution is -3.00. The average Bonchev–Trinajstić information content (AvgIpc) is 2.95. The van der Waals surface area contributed by atoms with Gasteiger partial charge in [0, 0.05) is 0 Å².